The molecule has 0 spiro atoms. The molecule has 0 bridgehead atoms. The number of amides is 3. The lowest BCUT2D eigenvalue weighted by Gasteiger charge is -2.13. The highest BCUT2D eigenvalue weighted by atomic mass is 32.2. The third-order valence-corrected chi connectivity index (χ3v) is 5.90. The minimum absolute atomic E-state index is 0.101. The zero-order valence-electron chi connectivity index (χ0n) is 16.6. The van der Waals surface area contributed by atoms with Crippen LogP contribution in [-0.4, -0.2) is 40.0 Å². The maximum Gasteiger partial charge on any atom is 0.293 e. The molecule has 2 N–H and O–H groups in total. The number of carbonyl (C=O) groups excluding carboxylic acids is 3. The number of nitrogens with zero attached hydrogens (tertiary/aromatic N) is 1. The Morgan fingerprint density at radius 1 is 1.13 bits per heavy atom. The van der Waals surface area contributed by atoms with E-state index in [1.165, 1.54) is 24.3 Å². The van der Waals surface area contributed by atoms with Crippen LogP contribution in [0.3, 0.4) is 0 Å². The number of aromatic nitrogens is 1. The number of nitrogens with one attached hydrogen (secondary N) is 2. The average Bonchev–Trinajstić information content (AvgIpc) is 3.29. The molecule has 6 nitrogen and oxygen atoms in total. The van der Waals surface area contributed by atoms with Crippen molar-refractivity contribution in [2.24, 2.45) is 0 Å². The Kier molecular flexibility index (Phi) is 6.18. The Hall–Kier alpha value is -3.39. The van der Waals surface area contributed by atoms with Gasteiger partial charge in [-0.1, -0.05) is 30.3 Å². The molecule has 3 amide bonds. The van der Waals surface area contributed by atoms with Crippen LogP contribution in [0.25, 0.3) is 17.0 Å². The molecule has 8 heteroatoms. The van der Waals surface area contributed by atoms with E-state index in [0.717, 1.165) is 33.1 Å². The van der Waals surface area contributed by atoms with Crippen molar-refractivity contribution in [3.63, 3.8) is 0 Å². The Morgan fingerprint density at radius 3 is 2.71 bits per heavy atom. The van der Waals surface area contributed by atoms with Crippen LogP contribution in [0, 0.1) is 5.82 Å². The highest BCUT2D eigenvalue weighted by Crippen LogP contribution is 2.31. The average molecular weight is 437 g/mol. The fraction of sp³-hybridized carbons (Fsp3) is 0.174. The van der Waals surface area contributed by atoms with Crippen LogP contribution in [0.5, 0.6) is 0 Å². The van der Waals surface area contributed by atoms with Gasteiger partial charge in [0.15, 0.2) is 0 Å². The van der Waals surface area contributed by atoms with Gasteiger partial charge in [0.05, 0.1) is 4.91 Å². The fourth-order valence-electron chi connectivity index (χ4n) is 3.39. The SMILES string of the molecule is O=C(CCc1c[nH]c2ccccc12)NCCN1C(=O)SC(=Cc2ccc(F)cc2)C1=O. The van der Waals surface area contributed by atoms with E-state index in [9.17, 15) is 18.8 Å². The summed E-state index contributed by atoms with van der Waals surface area (Å²) in [6.07, 6.45) is 4.38. The Bertz CT molecular complexity index is 1170. The first-order valence-corrected chi connectivity index (χ1v) is 10.7. The molecule has 3 aromatic rings. The minimum Gasteiger partial charge on any atom is -0.361 e. The zero-order chi connectivity index (χ0) is 21.8. The molecule has 0 radical (unpaired) electrons. The predicted octanol–water partition coefficient (Wildman–Crippen LogP) is 4.09. The number of rotatable bonds is 7. The Morgan fingerprint density at radius 2 is 1.90 bits per heavy atom. The van der Waals surface area contributed by atoms with Gasteiger partial charge in [-0.2, -0.15) is 0 Å². The van der Waals surface area contributed by atoms with E-state index in [-0.39, 0.29) is 35.0 Å². The molecule has 158 valence electrons. The summed E-state index contributed by atoms with van der Waals surface area (Å²) < 4.78 is 13.0. The van der Waals surface area contributed by atoms with Crippen LogP contribution < -0.4 is 5.32 Å². The molecule has 1 aromatic heterocycles. The number of hydrogen-bond acceptors (Lipinski definition) is 4. The van der Waals surface area contributed by atoms with Crippen molar-refractivity contribution in [1.82, 2.24) is 15.2 Å². The summed E-state index contributed by atoms with van der Waals surface area (Å²) in [5.74, 6) is -0.919. The molecular weight excluding hydrogens is 417 g/mol. The summed E-state index contributed by atoms with van der Waals surface area (Å²) in [5.41, 5.74) is 2.74. The number of halogens is 1. The number of aryl methyl sites for hydroxylation is 1. The summed E-state index contributed by atoms with van der Waals surface area (Å²) in [4.78, 5) is 41.4. The van der Waals surface area contributed by atoms with Crippen LogP contribution in [0.2, 0.25) is 0 Å². The molecule has 2 heterocycles. The fourth-order valence-corrected chi connectivity index (χ4v) is 4.25. The molecule has 31 heavy (non-hydrogen) atoms. The standard InChI is InChI=1S/C23H20FN3O3S/c24-17-8-5-15(6-9-17)13-20-22(29)27(23(30)31-20)12-11-25-21(28)10-7-16-14-26-19-4-2-1-3-18(16)19/h1-6,8-9,13-14,26H,7,10-12H2,(H,25,28). The first-order chi connectivity index (χ1) is 15.0. The number of H-pyrrole nitrogens is 1. The number of aromatic amines is 1. The highest BCUT2D eigenvalue weighted by Gasteiger charge is 2.34. The monoisotopic (exact) mass is 437 g/mol. The maximum atomic E-state index is 13.0. The third-order valence-electron chi connectivity index (χ3n) is 5.00. The van der Waals surface area contributed by atoms with Gasteiger partial charge < -0.3 is 10.3 Å². The molecule has 2 aromatic carbocycles. The van der Waals surface area contributed by atoms with Crippen LogP contribution in [0.4, 0.5) is 9.18 Å². The number of benzene rings is 2. The van der Waals surface area contributed by atoms with E-state index >= 15 is 0 Å². The lowest BCUT2D eigenvalue weighted by atomic mass is 10.1. The van der Waals surface area contributed by atoms with Crippen molar-refractivity contribution in [3.8, 4) is 0 Å². The van der Waals surface area contributed by atoms with Gasteiger partial charge in [-0.05, 0) is 53.6 Å². The summed E-state index contributed by atoms with van der Waals surface area (Å²) in [7, 11) is 0. The lowest BCUT2D eigenvalue weighted by Crippen LogP contribution is -2.37. The van der Waals surface area contributed by atoms with Crippen LogP contribution in [0.1, 0.15) is 17.5 Å². The van der Waals surface area contributed by atoms with Crippen molar-refractivity contribution in [3.05, 3.63) is 76.6 Å². The molecule has 1 aliphatic heterocycles. The Balaban J connectivity index is 1.27. The van der Waals surface area contributed by atoms with Gasteiger partial charge in [-0.3, -0.25) is 19.3 Å². The number of carbonyl (C=O) groups is 3. The van der Waals surface area contributed by atoms with Crippen LogP contribution >= 0.6 is 11.8 Å². The molecule has 1 saturated heterocycles. The molecule has 1 aliphatic rings. The van der Waals surface area contributed by atoms with Gasteiger partial charge in [0, 0.05) is 36.6 Å². The van der Waals surface area contributed by atoms with E-state index in [4.69, 9.17) is 0 Å². The van der Waals surface area contributed by atoms with E-state index in [2.05, 4.69) is 10.3 Å². The minimum atomic E-state index is -0.410. The van der Waals surface area contributed by atoms with Crippen LogP contribution in [0.15, 0.2) is 59.6 Å². The van der Waals surface area contributed by atoms with Crippen molar-refractivity contribution in [1.29, 1.82) is 0 Å². The quantitative estimate of drug-likeness (QED) is 0.546. The summed E-state index contributed by atoms with van der Waals surface area (Å²) in [6.45, 7) is 0.291. The van der Waals surface area contributed by atoms with Gasteiger partial charge >= 0.3 is 0 Å². The van der Waals surface area contributed by atoms with Crippen molar-refractivity contribution in [2.45, 2.75) is 12.8 Å². The van der Waals surface area contributed by atoms with Gasteiger partial charge in [0.2, 0.25) is 5.91 Å². The smallest absolute Gasteiger partial charge is 0.293 e. The summed E-state index contributed by atoms with van der Waals surface area (Å²) in [6, 6.07) is 13.6. The third kappa shape index (κ3) is 4.86. The number of fused-ring (bicyclic) bond motifs is 1. The first kappa shape index (κ1) is 20.9. The van der Waals surface area contributed by atoms with E-state index in [1.54, 1.807) is 6.08 Å². The second-order valence-electron chi connectivity index (χ2n) is 7.09. The van der Waals surface area contributed by atoms with Crippen molar-refractivity contribution >= 4 is 45.8 Å². The predicted molar refractivity (Wildman–Crippen MR) is 119 cm³/mol. The molecule has 0 unspecified atom stereocenters. The number of para-hydroxylation sites is 1. The topological polar surface area (TPSA) is 82.3 Å². The van der Waals surface area contributed by atoms with E-state index in [0.29, 0.717) is 18.4 Å². The summed E-state index contributed by atoms with van der Waals surface area (Å²) in [5, 5.41) is 3.48. The number of imide groups is 1. The molecule has 1 fully saturated rings. The normalized spacial score (nSPS) is 15.3. The molecule has 0 saturated carbocycles. The van der Waals surface area contributed by atoms with E-state index in [1.807, 2.05) is 30.5 Å². The first-order valence-electron chi connectivity index (χ1n) is 9.84. The molecule has 0 atom stereocenters. The van der Waals surface area contributed by atoms with Crippen molar-refractivity contribution < 1.29 is 18.8 Å². The van der Waals surface area contributed by atoms with Crippen molar-refractivity contribution in [2.75, 3.05) is 13.1 Å². The second kappa shape index (κ2) is 9.18. The maximum absolute atomic E-state index is 13.0. The lowest BCUT2D eigenvalue weighted by molar-refractivity contribution is -0.124. The molecule has 0 aliphatic carbocycles. The molecular formula is C23H20FN3O3S. The largest absolute Gasteiger partial charge is 0.361 e. The van der Waals surface area contributed by atoms with Crippen LogP contribution in [-0.2, 0) is 16.0 Å². The number of thioether (sulfide) groups is 1. The molecule has 4 rings (SSSR count). The number of hydrogen-bond donors (Lipinski definition) is 2. The van der Waals surface area contributed by atoms with Gasteiger partial charge in [-0.25, -0.2) is 4.39 Å². The van der Waals surface area contributed by atoms with E-state index < -0.39 is 5.91 Å². The van der Waals surface area contributed by atoms with Gasteiger partial charge in [-0.15, -0.1) is 0 Å². The van der Waals surface area contributed by atoms with Gasteiger partial charge in [0.1, 0.15) is 5.82 Å². The second-order valence-corrected chi connectivity index (χ2v) is 8.09. The highest BCUT2D eigenvalue weighted by molar-refractivity contribution is 8.18. The summed E-state index contributed by atoms with van der Waals surface area (Å²) >= 11 is 0.838. The van der Waals surface area contributed by atoms with Gasteiger partial charge in [0.25, 0.3) is 11.1 Å². The Labute approximate surface area is 182 Å². The zero-order valence-corrected chi connectivity index (χ0v) is 17.4.